The van der Waals surface area contributed by atoms with Crippen LogP contribution in [0, 0.1) is 5.92 Å². The Labute approximate surface area is 101 Å². The molecule has 1 atom stereocenters. The molecule has 1 nitrogen and oxygen atoms in total. The summed E-state index contributed by atoms with van der Waals surface area (Å²) in [6.07, 6.45) is 1.60. The first-order valence-electron chi connectivity index (χ1n) is 6.25. The van der Waals surface area contributed by atoms with Crippen LogP contribution in [0.1, 0.15) is 43.7 Å². The highest BCUT2D eigenvalue weighted by molar-refractivity contribution is 5.23. The summed E-state index contributed by atoms with van der Waals surface area (Å²) in [7, 11) is 0. The molecule has 1 aromatic rings. The van der Waals surface area contributed by atoms with E-state index in [1.807, 2.05) is 0 Å². The molecule has 1 aromatic carbocycles. The van der Waals surface area contributed by atoms with Crippen LogP contribution in [-0.2, 0) is 6.54 Å². The SMILES string of the molecule is CC(CC1CC1)NCc1ccc(C(F)F)cc1. The number of alkyl halides is 2. The Morgan fingerprint density at radius 1 is 1.24 bits per heavy atom. The zero-order valence-electron chi connectivity index (χ0n) is 10.1. The molecule has 1 aliphatic rings. The van der Waals surface area contributed by atoms with Crippen molar-refractivity contribution in [2.75, 3.05) is 0 Å². The van der Waals surface area contributed by atoms with Crippen LogP contribution in [0.5, 0.6) is 0 Å². The number of hydrogen-bond acceptors (Lipinski definition) is 1. The molecule has 3 heteroatoms. The normalized spacial score (nSPS) is 17.4. The molecule has 0 amide bonds. The molecule has 1 saturated carbocycles. The highest BCUT2D eigenvalue weighted by Crippen LogP contribution is 2.33. The van der Waals surface area contributed by atoms with E-state index in [0.717, 1.165) is 18.0 Å². The Bertz CT molecular complexity index is 344. The van der Waals surface area contributed by atoms with Crippen molar-refractivity contribution in [2.45, 2.75) is 45.2 Å². The van der Waals surface area contributed by atoms with E-state index in [9.17, 15) is 8.78 Å². The fraction of sp³-hybridized carbons (Fsp3) is 0.571. The van der Waals surface area contributed by atoms with Crippen LogP contribution in [0.2, 0.25) is 0 Å². The van der Waals surface area contributed by atoms with Crippen LogP contribution in [-0.4, -0.2) is 6.04 Å². The molecule has 0 heterocycles. The molecule has 0 aromatic heterocycles. The second-order valence-corrected chi connectivity index (χ2v) is 5.00. The molecule has 0 radical (unpaired) electrons. The van der Waals surface area contributed by atoms with Crippen molar-refractivity contribution in [3.8, 4) is 0 Å². The van der Waals surface area contributed by atoms with E-state index in [-0.39, 0.29) is 5.56 Å². The van der Waals surface area contributed by atoms with Crippen molar-refractivity contribution in [1.82, 2.24) is 5.32 Å². The number of hydrogen-bond donors (Lipinski definition) is 1. The van der Waals surface area contributed by atoms with Gasteiger partial charge in [-0.05, 0) is 24.8 Å². The minimum Gasteiger partial charge on any atom is -0.310 e. The third-order valence-electron chi connectivity index (χ3n) is 3.27. The Morgan fingerprint density at radius 3 is 2.41 bits per heavy atom. The summed E-state index contributed by atoms with van der Waals surface area (Å²) in [5, 5.41) is 3.43. The van der Waals surface area contributed by atoms with Gasteiger partial charge in [-0.2, -0.15) is 0 Å². The topological polar surface area (TPSA) is 12.0 Å². The molecule has 0 spiro atoms. The van der Waals surface area contributed by atoms with Gasteiger partial charge in [0.05, 0.1) is 0 Å². The predicted molar refractivity (Wildman–Crippen MR) is 65.0 cm³/mol. The first kappa shape index (κ1) is 12.5. The summed E-state index contributed by atoms with van der Waals surface area (Å²) >= 11 is 0. The van der Waals surface area contributed by atoms with Gasteiger partial charge in [0.2, 0.25) is 0 Å². The van der Waals surface area contributed by atoms with Gasteiger partial charge < -0.3 is 5.32 Å². The van der Waals surface area contributed by atoms with E-state index in [2.05, 4.69) is 12.2 Å². The van der Waals surface area contributed by atoms with Crippen molar-refractivity contribution in [1.29, 1.82) is 0 Å². The fourth-order valence-corrected chi connectivity index (χ4v) is 2.01. The lowest BCUT2D eigenvalue weighted by Crippen LogP contribution is -2.25. The number of nitrogens with one attached hydrogen (secondary N) is 1. The Morgan fingerprint density at radius 2 is 1.88 bits per heavy atom. The zero-order valence-corrected chi connectivity index (χ0v) is 10.1. The summed E-state index contributed by atoms with van der Waals surface area (Å²) in [5.41, 5.74) is 1.16. The van der Waals surface area contributed by atoms with E-state index in [1.165, 1.54) is 31.4 Å². The predicted octanol–water partition coefficient (Wildman–Crippen LogP) is 3.90. The van der Waals surface area contributed by atoms with Crippen LogP contribution in [0.3, 0.4) is 0 Å². The lowest BCUT2D eigenvalue weighted by Gasteiger charge is -2.13. The first-order chi connectivity index (χ1) is 8.15. The number of benzene rings is 1. The van der Waals surface area contributed by atoms with Crippen LogP contribution in [0.15, 0.2) is 24.3 Å². The molecule has 2 rings (SSSR count). The number of halogens is 2. The third-order valence-corrected chi connectivity index (χ3v) is 3.27. The molecular formula is C14H19F2N. The van der Waals surface area contributed by atoms with Gasteiger partial charge in [-0.1, -0.05) is 37.1 Å². The minimum absolute atomic E-state index is 0.0970. The summed E-state index contributed by atoms with van der Waals surface area (Å²) in [6.45, 7) is 2.95. The maximum atomic E-state index is 12.3. The molecule has 94 valence electrons. The fourth-order valence-electron chi connectivity index (χ4n) is 2.01. The second-order valence-electron chi connectivity index (χ2n) is 5.00. The molecule has 1 unspecified atom stereocenters. The molecule has 1 aliphatic carbocycles. The van der Waals surface area contributed by atoms with Crippen molar-refractivity contribution in [2.24, 2.45) is 5.92 Å². The van der Waals surface area contributed by atoms with Gasteiger partial charge in [-0.3, -0.25) is 0 Å². The highest BCUT2D eigenvalue weighted by Gasteiger charge is 2.23. The summed E-state index contributed by atoms with van der Waals surface area (Å²) < 4.78 is 24.7. The van der Waals surface area contributed by atoms with Gasteiger partial charge in [0.15, 0.2) is 0 Å². The van der Waals surface area contributed by atoms with Crippen LogP contribution in [0.4, 0.5) is 8.78 Å². The van der Waals surface area contributed by atoms with Gasteiger partial charge in [-0.15, -0.1) is 0 Å². The molecule has 0 aliphatic heterocycles. The van der Waals surface area contributed by atoms with E-state index < -0.39 is 6.43 Å². The van der Waals surface area contributed by atoms with Crippen molar-refractivity contribution in [3.63, 3.8) is 0 Å². The Kier molecular flexibility index (Phi) is 4.11. The van der Waals surface area contributed by atoms with Crippen molar-refractivity contribution >= 4 is 0 Å². The van der Waals surface area contributed by atoms with Crippen LogP contribution < -0.4 is 5.32 Å². The Balaban J connectivity index is 1.77. The first-order valence-corrected chi connectivity index (χ1v) is 6.25. The van der Waals surface area contributed by atoms with Gasteiger partial charge in [0, 0.05) is 18.2 Å². The third kappa shape index (κ3) is 4.08. The van der Waals surface area contributed by atoms with Gasteiger partial charge >= 0.3 is 0 Å². The molecule has 0 saturated heterocycles. The van der Waals surface area contributed by atoms with Crippen LogP contribution in [0.25, 0.3) is 0 Å². The lowest BCUT2D eigenvalue weighted by molar-refractivity contribution is 0.151. The van der Waals surface area contributed by atoms with Crippen LogP contribution >= 0.6 is 0 Å². The van der Waals surface area contributed by atoms with Gasteiger partial charge in [-0.25, -0.2) is 8.78 Å². The Hall–Kier alpha value is -0.960. The lowest BCUT2D eigenvalue weighted by atomic mass is 10.1. The summed E-state index contributed by atoms with van der Waals surface area (Å²) in [6, 6.07) is 7.08. The molecule has 0 bridgehead atoms. The second kappa shape index (κ2) is 5.58. The average Bonchev–Trinajstić information content (AvgIpc) is 3.11. The summed E-state index contributed by atoms with van der Waals surface area (Å²) in [4.78, 5) is 0. The molecule has 17 heavy (non-hydrogen) atoms. The van der Waals surface area contributed by atoms with E-state index in [4.69, 9.17) is 0 Å². The maximum Gasteiger partial charge on any atom is 0.263 e. The maximum absolute atomic E-state index is 12.3. The van der Waals surface area contributed by atoms with E-state index >= 15 is 0 Å². The minimum atomic E-state index is -2.37. The highest BCUT2D eigenvalue weighted by atomic mass is 19.3. The van der Waals surface area contributed by atoms with Crippen molar-refractivity contribution in [3.05, 3.63) is 35.4 Å². The molecule has 1 N–H and O–H groups in total. The van der Waals surface area contributed by atoms with Gasteiger partial charge in [0.1, 0.15) is 0 Å². The van der Waals surface area contributed by atoms with E-state index in [0.29, 0.717) is 6.04 Å². The standard InChI is InChI=1S/C14H19F2N/c1-10(8-11-2-3-11)17-9-12-4-6-13(7-5-12)14(15)16/h4-7,10-11,14,17H,2-3,8-9H2,1H3. The largest absolute Gasteiger partial charge is 0.310 e. The van der Waals surface area contributed by atoms with Gasteiger partial charge in [0.25, 0.3) is 6.43 Å². The number of rotatable bonds is 6. The molecule has 1 fully saturated rings. The van der Waals surface area contributed by atoms with Crippen molar-refractivity contribution < 1.29 is 8.78 Å². The zero-order chi connectivity index (χ0) is 12.3. The summed E-state index contributed by atoms with van der Waals surface area (Å²) in [5.74, 6) is 0.915. The molecular weight excluding hydrogens is 220 g/mol. The van der Waals surface area contributed by atoms with E-state index in [1.54, 1.807) is 12.1 Å². The average molecular weight is 239 g/mol. The smallest absolute Gasteiger partial charge is 0.263 e. The quantitative estimate of drug-likeness (QED) is 0.793. The monoisotopic (exact) mass is 239 g/mol.